The number of fused-ring (bicyclic) bond motifs is 3. The highest BCUT2D eigenvalue weighted by molar-refractivity contribution is 5.87. The number of aromatic nitrogens is 1. The number of nitrogens with zero attached hydrogens (tertiary/aromatic N) is 3. The zero-order valence-electron chi connectivity index (χ0n) is 16.0. The van der Waals surface area contributed by atoms with E-state index in [9.17, 15) is 0 Å². The number of para-hydroxylation sites is 1. The van der Waals surface area contributed by atoms with Gasteiger partial charge in [-0.05, 0) is 49.7 Å². The molecule has 0 amide bonds. The SMILES string of the molecule is Cc1ccc2c(c1)c1c(n2C#Cc2ccccc2N(C)C)CCN(C)C1. The molecule has 3 heteroatoms. The minimum atomic E-state index is 0.998. The number of aryl methyl sites for hydroxylation is 1. The lowest BCUT2D eigenvalue weighted by Gasteiger charge is -2.23. The lowest BCUT2D eigenvalue weighted by atomic mass is 10.0. The van der Waals surface area contributed by atoms with Crippen molar-refractivity contribution in [3.8, 4) is 12.0 Å². The van der Waals surface area contributed by atoms with Crippen molar-refractivity contribution in [2.24, 2.45) is 0 Å². The summed E-state index contributed by atoms with van der Waals surface area (Å²) >= 11 is 0. The second-order valence-corrected chi connectivity index (χ2v) is 7.42. The van der Waals surface area contributed by atoms with Gasteiger partial charge < -0.3 is 9.80 Å². The Bertz CT molecular complexity index is 1030. The summed E-state index contributed by atoms with van der Waals surface area (Å²) < 4.78 is 2.23. The van der Waals surface area contributed by atoms with E-state index in [1.165, 1.54) is 27.7 Å². The molecule has 1 aliphatic rings. The third kappa shape index (κ3) is 2.87. The van der Waals surface area contributed by atoms with Gasteiger partial charge in [-0.25, -0.2) is 0 Å². The molecule has 0 atom stereocenters. The van der Waals surface area contributed by atoms with Crippen molar-refractivity contribution in [2.45, 2.75) is 19.9 Å². The Kier molecular flexibility index (Phi) is 4.22. The molecule has 0 N–H and O–H groups in total. The number of rotatable bonds is 1. The van der Waals surface area contributed by atoms with Crippen LogP contribution < -0.4 is 4.90 Å². The van der Waals surface area contributed by atoms with Crippen molar-refractivity contribution in [3.63, 3.8) is 0 Å². The van der Waals surface area contributed by atoms with Crippen molar-refractivity contribution in [1.82, 2.24) is 9.47 Å². The first-order valence-electron chi connectivity index (χ1n) is 9.14. The van der Waals surface area contributed by atoms with Crippen molar-refractivity contribution in [1.29, 1.82) is 0 Å². The van der Waals surface area contributed by atoms with Crippen LogP contribution in [0.4, 0.5) is 5.69 Å². The van der Waals surface area contributed by atoms with Gasteiger partial charge in [-0.2, -0.15) is 0 Å². The third-order valence-electron chi connectivity index (χ3n) is 5.18. The Morgan fingerprint density at radius 2 is 1.88 bits per heavy atom. The first-order valence-corrected chi connectivity index (χ1v) is 9.14. The van der Waals surface area contributed by atoms with E-state index in [2.05, 4.69) is 96.9 Å². The normalized spacial score (nSPS) is 14.0. The molecule has 0 radical (unpaired) electrons. The van der Waals surface area contributed by atoms with E-state index in [0.717, 1.165) is 30.8 Å². The van der Waals surface area contributed by atoms with Gasteiger partial charge >= 0.3 is 0 Å². The molecule has 3 nitrogen and oxygen atoms in total. The molecule has 132 valence electrons. The van der Waals surface area contributed by atoms with Crippen LogP contribution in [0.2, 0.25) is 0 Å². The Morgan fingerprint density at radius 3 is 2.69 bits per heavy atom. The van der Waals surface area contributed by atoms with Gasteiger partial charge in [-0.15, -0.1) is 0 Å². The van der Waals surface area contributed by atoms with E-state index in [-0.39, 0.29) is 0 Å². The van der Waals surface area contributed by atoms with Gasteiger partial charge in [0.25, 0.3) is 0 Å². The second-order valence-electron chi connectivity index (χ2n) is 7.42. The summed E-state index contributed by atoms with van der Waals surface area (Å²) in [4.78, 5) is 4.51. The van der Waals surface area contributed by atoms with E-state index >= 15 is 0 Å². The Labute approximate surface area is 155 Å². The topological polar surface area (TPSA) is 11.4 Å². The summed E-state index contributed by atoms with van der Waals surface area (Å²) in [5.74, 6) is 3.42. The molecule has 4 rings (SSSR count). The maximum atomic E-state index is 3.46. The van der Waals surface area contributed by atoms with Crippen LogP contribution in [0.5, 0.6) is 0 Å². The summed E-state index contributed by atoms with van der Waals surface area (Å²) in [6.45, 7) is 4.24. The molecule has 0 unspecified atom stereocenters. The Balaban J connectivity index is 1.89. The molecule has 0 aliphatic carbocycles. The minimum Gasteiger partial charge on any atom is -0.377 e. The van der Waals surface area contributed by atoms with Gasteiger partial charge in [0.1, 0.15) is 0 Å². The van der Waals surface area contributed by atoms with E-state index in [4.69, 9.17) is 0 Å². The minimum absolute atomic E-state index is 0.998. The van der Waals surface area contributed by atoms with Gasteiger partial charge in [-0.3, -0.25) is 4.57 Å². The van der Waals surface area contributed by atoms with Crippen LogP contribution in [-0.2, 0) is 13.0 Å². The van der Waals surface area contributed by atoms with Crippen LogP contribution in [0.3, 0.4) is 0 Å². The van der Waals surface area contributed by atoms with Gasteiger partial charge in [0, 0.05) is 56.3 Å². The van der Waals surface area contributed by atoms with E-state index in [0.29, 0.717) is 0 Å². The quantitative estimate of drug-likeness (QED) is 0.622. The largest absolute Gasteiger partial charge is 0.377 e. The summed E-state index contributed by atoms with van der Waals surface area (Å²) in [7, 11) is 6.32. The van der Waals surface area contributed by atoms with Crippen LogP contribution in [0.1, 0.15) is 22.4 Å². The summed E-state index contributed by atoms with van der Waals surface area (Å²) in [6, 6.07) is 18.5. The van der Waals surface area contributed by atoms with Crippen LogP contribution in [0.15, 0.2) is 42.5 Å². The maximum Gasteiger partial charge on any atom is 0.0618 e. The average molecular weight is 343 g/mol. The fourth-order valence-electron chi connectivity index (χ4n) is 3.82. The molecule has 3 aromatic rings. The summed E-state index contributed by atoms with van der Waals surface area (Å²) in [5.41, 5.74) is 7.56. The summed E-state index contributed by atoms with van der Waals surface area (Å²) in [5, 5.41) is 1.35. The predicted octanol–water partition coefficient (Wildman–Crippen LogP) is 3.86. The third-order valence-corrected chi connectivity index (χ3v) is 5.18. The number of benzene rings is 2. The molecule has 1 aromatic heterocycles. The van der Waals surface area contributed by atoms with Crippen LogP contribution >= 0.6 is 0 Å². The standard InChI is InChI=1S/C23H25N3/c1-17-9-10-22-19(15-17)20-16-25(4)13-12-23(20)26(22)14-11-18-7-5-6-8-21(18)24(2)3/h5-10,15H,12-13,16H2,1-4H3. The number of likely N-dealkylation sites (N-methyl/N-ethyl adjacent to an activating group) is 1. The molecule has 26 heavy (non-hydrogen) atoms. The first-order chi connectivity index (χ1) is 12.5. The van der Waals surface area contributed by atoms with Gasteiger partial charge in [0.15, 0.2) is 0 Å². The van der Waals surface area contributed by atoms with E-state index < -0.39 is 0 Å². The second kappa shape index (κ2) is 6.55. The zero-order chi connectivity index (χ0) is 18.3. The predicted molar refractivity (Wildman–Crippen MR) is 110 cm³/mol. The monoisotopic (exact) mass is 343 g/mol. The molecular formula is C23H25N3. The smallest absolute Gasteiger partial charge is 0.0618 e. The van der Waals surface area contributed by atoms with Crippen LogP contribution in [0, 0.1) is 18.9 Å². The maximum absolute atomic E-state index is 3.46. The molecule has 2 heterocycles. The highest BCUT2D eigenvalue weighted by Crippen LogP contribution is 2.31. The highest BCUT2D eigenvalue weighted by Gasteiger charge is 2.21. The number of hydrogen-bond acceptors (Lipinski definition) is 2. The molecular weight excluding hydrogens is 318 g/mol. The van der Waals surface area contributed by atoms with Crippen LogP contribution in [0.25, 0.3) is 10.9 Å². The van der Waals surface area contributed by atoms with Gasteiger partial charge in [0.2, 0.25) is 0 Å². The number of hydrogen-bond donors (Lipinski definition) is 0. The van der Waals surface area contributed by atoms with Gasteiger partial charge in [-0.1, -0.05) is 23.8 Å². The summed E-state index contributed by atoms with van der Waals surface area (Å²) in [6.07, 6.45) is 1.05. The van der Waals surface area contributed by atoms with Crippen LogP contribution in [-0.4, -0.2) is 37.2 Å². The highest BCUT2D eigenvalue weighted by atomic mass is 15.1. The fraction of sp³-hybridized carbons (Fsp3) is 0.304. The van der Waals surface area contributed by atoms with Crippen molar-refractivity contribution < 1.29 is 0 Å². The van der Waals surface area contributed by atoms with Gasteiger partial charge in [0.05, 0.1) is 11.2 Å². The lowest BCUT2D eigenvalue weighted by Crippen LogP contribution is -2.27. The molecule has 0 saturated heterocycles. The first kappa shape index (κ1) is 16.8. The average Bonchev–Trinajstić information content (AvgIpc) is 2.92. The van der Waals surface area contributed by atoms with E-state index in [1.54, 1.807) is 0 Å². The Hall–Kier alpha value is -2.70. The lowest BCUT2D eigenvalue weighted by molar-refractivity contribution is 0.311. The van der Waals surface area contributed by atoms with Crippen molar-refractivity contribution in [3.05, 3.63) is 64.8 Å². The van der Waals surface area contributed by atoms with Crippen molar-refractivity contribution >= 4 is 16.6 Å². The molecule has 0 fully saturated rings. The molecule has 2 aromatic carbocycles. The van der Waals surface area contributed by atoms with Crippen molar-refractivity contribution in [2.75, 3.05) is 32.6 Å². The molecule has 0 spiro atoms. The Morgan fingerprint density at radius 1 is 1.08 bits per heavy atom. The number of anilines is 1. The zero-order valence-corrected chi connectivity index (χ0v) is 16.0. The fourth-order valence-corrected chi connectivity index (χ4v) is 3.82. The molecule has 0 saturated carbocycles. The molecule has 0 bridgehead atoms. The van der Waals surface area contributed by atoms with E-state index in [1.807, 2.05) is 0 Å². The molecule has 1 aliphatic heterocycles.